The number of nitrogens with zero attached hydrogens (tertiary/aromatic N) is 1. The van der Waals surface area contributed by atoms with E-state index in [1.54, 1.807) is 12.3 Å². The molecule has 1 aromatic rings. The van der Waals surface area contributed by atoms with Crippen LogP contribution in [0.4, 0.5) is 0 Å². The van der Waals surface area contributed by atoms with Crippen molar-refractivity contribution in [3.05, 3.63) is 48.8 Å². The van der Waals surface area contributed by atoms with E-state index in [2.05, 4.69) is 18.1 Å². The molecule has 1 aliphatic rings. The van der Waals surface area contributed by atoms with Crippen LogP contribution in [0.2, 0.25) is 0 Å². The van der Waals surface area contributed by atoms with Crippen molar-refractivity contribution < 1.29 is 9.53 Å². The average molecular weight is 217 g/mol. The normalized spacial score (nSPS) is 18.4. The van der Waals surface area contributed by atoms with E-state index in [0.717, 1.165) is 5.69 Å². The van der Waals surface area contributed by atoms with Crippen molar-refractivity contribution in [1.82, 2.24) is 4.98 Å². The number of carbonyl (C=O) groups excluding carboxylic acids is 1. The predicted octanol–water partition coefficient (Wildman–Crippen LogP) is 2.60. The number of esters is 1. The van der Waals surface area contributed by atoms with E-state index in [-0.39, 0.29) is 12.1 Å². The van der Waals surface area contributed by atoms with Crippen LogP contribution in [0.5, 0.6) is 0 Å². The lowest BCUT2D eigenvalue weighted by atomic mass is 10.2. The molecule has 0 radical (unpaired) electrons. The minimum Gasteiger partial charge on any atom is -0.459 e. The molecule has 1 saturated heterocycles. The Kier molecular flexibility index (Phi) is 4.45. The molecular weight excluding hydrogens is 202 g/mol. The van der Waals surface area contributed by atoms with Crippen LogP contribution in [-0.4, -0.2) is 17.1 Å². The topological polar surface area (TPSA) is 39.2 Å². The van der Waals surface area contributed by atoms with Crippen molar-refractivity contribution in [3.63, 3.8) is 0 Å². The van der Waals surface area contributed by atoms with Crippen molar-refractivity contribution in [1.29, 1.82) is 0 Å². The molecule has 3 heteroatoms. The second kappa shape index (κ2) is 5.85. The van der Waals surface area contributed by atoms with Gasteiger partial charge in [-0.25, -0.2) is 4.79 Å². The van der Waals surface area contributed by atoms with Crippen LogP contribution in [0.15, 0.2) is 43.1 Å². The molecule has 16 heavy (non-hydrogen) atoms. The summed E-state index contributed by atoms with van der Waals surface area (Å²) in [6, 6.07) is 5.73. The zero-order chi connectivity index (χ0) is 12.0. The first-order chi connectivity index (χ1) is 7.63. The van der Waals surface area contributed by atoms with Crippen LogP contribution in [0.1, 0.15) is 19.0 Å². The molecule has 0 aliphatic carbocycles. The Balaban J connectivity index is 0.000000160. The number of ether oxygens (including phenoxy) is 1. The molecule has 1 unspecified atom stereocenters. The molecular formula is C13H15NO2. The molecule has 3 nitrogen and oxygen atoms in total. The van der Waals surface area contributed by atoms with Crippen LogP contribution in [0.3, 0.4) is 0 Å². The molecule has 84 valence electrons. The number of hydrogen-bond donors (Lipinski definition) is 0. The van der Waals surface area contributed by atoms with E-state index >= 15 is 0 Å². The first-order valence-electron chi connectivity index (χ1n) is 5.05. The van der Waals surface area contributed by atoms with Gasteiger partial charge in [-0.2, -0.15) is 0 Å². The summed E-state index contributed by atoms with van der Waals surface area (Å²) in [5, 5.41) is 0. The first-order valence-corrected chi connectivity index (χ1v) is 5.05. The number of hydrogen-bond acceptors (Lipinski definition) is 3. The molecule has 0 spiro atoms. The quantitative estimate of drug-likeness (QED) is 0.536. The Morgan fingerprint density at radius 1 is 1.56 bits per heavy atom. The standard InChI is InChI=1S/C7H7N.C6H8O2/c1-2-7-5-3-4-6-8-7;1-4-3-5(2)8-6(4)7/h2-6H,1H2;5H,1,3H2,2H3. The summed E-state index contributed by atoms with van der Waals surface area (Å²) in [4.78, 5) is 14.4. The molecule has 0 bridgehead atoms. The van der Waals surface area contributed by atoms with Gasteiger partial charge in [-0.15, -0.1) is 0 Å². The minimum absolute atomic E-state index is 0.0509. The van der Waals surface area contributed by atoms with E-state index in [1.807, 2.05) is 25.1 Å². The summed E-state index contributed by atoms with van der Waals surface area (Å²) >= 11 is 0. The van der Waals surface area contributed by atoms with E-state index < -0.39 is 0 Å². The molecule has 0 N–H and O–H groups in total. The fourth-order valence-electron chi connectivity index (χ4n) is 1.23. The van der Waals surface area contributed by atoms with Gasteiger partial charge < -0.3 is 4.74 Å². The lowest BCUT2D eigenvalue weighted by Crippen LogP contribution is -1.99. The molecule has 0 saturated carbocycles. The summed E-state index contributed by atoms with van der Waals surface area (Å²) in [5.41, 5.74) is 1.52. The Hall–Kier alpha value is -1.90. The fraction of sp³-hybridized carbons (Fsp3) is 0.231. The van der Waals surface area contributed by atoms with Gasteiger partial charge in [-0.3, -0.25) is 4.98 Å². The van der Waals surface area contributed by atoms with E-state index in [0.29, 0.717) is 12.0 Å². The average Bonchev–Trinajstić information content (AvgIpc) is 2.58. The van der Waals surface area contributed by atoms with Crippen molar-refractivity contribution in [2.75, 3.05) is 0 Å². The molecule has 2 rings (SSSR count). The Labute approximate surface area is 95.5 Å². The summed E-state index contributed by atoms with van der Waals surface area (Å²) in [6.07, 6.45) is 4.21. The van der Waals surface area contributed by atoms with E-state index in [9.17, 15) is 4.79 Å². The van der Waals surface area contributed by atoms with Crippen LogP contribution >= 0.6 is 0 Å². The lowest BCUT2D eigenvalue weighted by molar-refractivity contribution is -0.138. The SMILES string of the molecule is C=C1CC(C)OC1=O.C=Cc1ccccn1. The number of aromatic nitrogens is 1. The lowest BCUT2D eigenvalue weighted by Gasteiger charge is -1.94. The summed E-state index contributed by atoms with van der Waals surface area (Å²) < 4.78 is 4.73. The zero-order valence-corrected chi connectivity index (χ0v) is 9.35. The second-order valence-electron chi connectivity index (χ2n) is 3.48. The highest BCUT2D eigenvalue weighted by molar-refractivity contribution is 5.89. The van der Waals surface area contributed by atoms with Crippen LogP contribution in [-0.2, 0) is 9.53 Å². The van der Waals surface area contributed by atoms with Crippen LogP contribution in [0, 0.1) is 0 Å². The molecule has 1 aliphatic heterocycles. The van der Waals surface area contributed by atoms with Gasteiger partial charge in [0.1, 0.15) is 6.10 Å². The van der Waals surface area contributed by atoms with Crippen LogP contribution < -0.4 is 0 Å². The van der Waals surface area contributed by atoms with Crippen molar-refractivity contribution >= 4 is 12.0 Å². The van der Waals surface area contributed by atoms with E-state index in [4.69, 9.17) is 4.74 Å². The van der Waals surface area contributed by atoms with Gasteiger partial charge in [0.15, 0.2) is 0 Å². The summed E-state index contributed by atoms with van der Waals surface area (Å²) in [5.74, 6) is -0.238. The minimum atomic E-state index is -0.238. The van der Waals surface area contributed by atoms with Gasteiger partial charge in [-0.1, -0.05) is 19.2 Å². The maximum absolute atomic E-state index is 10.5. The fourth-order valence-corrected chi connectivity index (χ4v) is 1.23. The highest BCUT2D eigenvalue weighted by atomic mass is 16.5. The van der Waals surface area contributed by atoms with Gasteiger partial charge in [0, 0.05) is 18.2 Å². The summed E-state index contributed by atoms with van der Waals surface area (Å²) in [7, 11) is 0. The number of cyclic esters (lactones) is 1. The van der Waals surface area contributed by atoms with Gasteiger partial charge in [0.05, 0.1) is 5.69 Å². The highest BCUT2D eigenvalue weighted by Crippen LogP contribution is 2.16. The largest absolute Gasteiger partial charge is 0.459 e. The Bertz CT molecular complexity index is 368. The molecule has 0 amide bonds. The van der Waals surface area contributed by atoms with Gasteiger partial charge >= 0.3 is 5.97 Å². The monoisotopic (exact) mass is 217 g/mol. The third-order valence-corrected chi connectivity index (χ3v) is 2.03. The molecule has 1 atom stereocenters. The molecule has 1 fully saturated rings. The van der Waals surface area contributed by atoms with Gasteiger partial charge in [-0.05, 0) is 25.1 Å². The van der Waals surface area contributed by atoms with Crippen molar-refractivity contribution in [3.8, 4) is 0 Å². The second-order valence-corrected chi connectivity index (χ2v) is 3.48. The highest BCUT2D eigenvalue weighted by Gasteiger charge is 2.22. The third kappa shape index (κ3) is 3.69. The maximum atomic E-state index is 10.5. The number of carbonyl (C=O) groups is 1. The number of rotatable bonds is 1. The molecule has 1 aromatic heterocycles. The molecule has 0 aromatic carbocycles. The first kappa shape index (κ1) is 12.2. The third-order valence-electron chi connectivity index (χ3n) is 2.03. The zero-order valence-electron chi connectivity index (χ0n) is 9.35. The van der Waals surface area contributed by atoms with Gasteiger partial charge in [0.2, 0.25) is 0 Å². The molecule has 2 heterocycles. The maximum Gasteiger partial charge on any atom is 0.333 e. The summed E-state index contributed by atoms with van der Waals surface area (Å²) in [6.45, 7) is 8.94. The van der Waals surface area contributed by atoms with Crippen molar-refractivity contribution in [2.45, 2.75) is 19.4 Å². The van der Waals surface area contributed by atoms with Gasteiger partial charge in [0.25, 0.3) is 0 Å². The Morgan fingerprint density at radius 2 is 2.31 bits per heavy atom. The van der Waals surface area contributed by atoms with Crippen molar-refractivity contribution in [2.24, 2.45) is 0 Å². The Morgan fingerprint density at radius 3 is 2.56 bits per heavy atom. The van der Waals surface area contributed by atoms with Crippen LogP contribution in [0.25, 0.3) is 6.08 Å². The predicted molar refractivity (Wildman–Crippen MR) is 63.6 cm³/mol. The van der Waals surface area contributed by atoms with E-state index in [1.165, 1.54) is 0 Å². The number of pyridine rings is 1. The smallest absolute Gasteiger partial charge is 0.333 e.